The number of ether oxygens (including phenoxy) is 1. The molecule has 144 valence electrons. The molecule has 1 aliphatic rings. The van der Waals surface area contributed by atoms with Gasteiger partial charge in [-0.15, -0.1) is 0 Å². The molecule has 2 aromatic rings. The van der Waals surface area contributed by atoms with Crippen molar-refractivity contribution in [3.8, 4) is 5.75 Å². The fraction of sp³-hybridized carbons (Fsp3) is 0.381. The number of hydrogen-bond donors (Lipinski definition) is 1. The maximum atomic E-state index is 13.0. The highest BCUT2D eigenvalue weighted by Crippen LogP contribution is 2.16. The number of carbonyl (C=O) groups excluding carboxylic acids is 1. The predicted octanol–water partition coefficient (Wildman–Crippen LogP) is 2.32. The highest BCUT2D eigenvalue weighted by molar-refractivity contribution is 5.78. The van der Waals surface area contributed by atoms with Gasteiger partial charge in [0.15, 0.2) is 0 Å². The lowest BCUT2D eigenvalue weighted by molar-refractivity contribution is -0.122. The van der Waals surface area contributed by atoms with Crippen LogP contribution in [0.3, 0.4) is 0 Å². The van der Waals surface area contributed by atoms with Crippen LogP contribution in [-0.2, 0) is 11.2 Å². The number of halogens is 1. The van der Waals surface area contributed by atoms with Crippen molar-refractivity contribution in [3.63, 3.8) is 0 Å². The summed E-state index contributed by atoms with van der Waals surface area (Å²) in [6.07, 6.45) is 0.800. The van der Waals surface area contributed by atoms with Gasteiger partial charge in [-0.1, -0.05) is 12.1 Å². The smallest absolute Gasteiger partial charge is 0.234 e. The first-order valence-corrected chi connectivity index (χ1v) is 9.26. The number of hydrogen-bond acceptors (Lipinski definition) is 4. The maximum absolute atomic E-state index is 13.0. The standard InChI is InChI=1S/C21H26FN3O2/c1-27-20-8-2-17(3-9-20)10-11-23-21(26)16-24-12-14-25(15-13-24)19-6-4-18(22)5-7-19/h2-9H,10-16H2,1H3,(H,23,26). The first kappa shape index (κ1) is 19.2. The Morgan fingerprint density at radius 3 is 2.33 bits per heavy atom. The topological polar surface area (TPSA) is 44.8 Å². The van der Waals surface area contributed by atoms with E-state index in [2.05, 4.69) is 15.1 Å². The third-order valence-electron chi connectivity index (χ3n) is 4.83. The van der Waals surface area contributed by atoms with Crippen LogP contribution in [0.2, 0.25) is 0 Å². The van der Waals surface area contributed by atoms with E-state index in [1.165, 1.54) is 17.7 Å². The van der Waals surface area contributed by atoms with Crippen LogP contribution in [0.4, 0.5) is 10.1 Å². The second-order valence-electron chi connectivity index (χ2n) is 6.69. The van der Waals surface area contributed by atoms with Crippen LogP contribution in [0, 0.1) is 5.82 Å². The van der Waals surface area contributed by atoms with Crippen LogP contribution < -0.4 is 15.0 Å². The Kier molecular flexibility index (Phi) is 6.65. The van der Waals surface area contributed by atoms with Gasteiger partial charge in [0.2, 0.25) is 5.91 Å². The van der Waals surface area contributed by atoms with E-state index in [0.717, 1.165) is 44.0 Å². The summed E-state index contributed by atoms with van der Waals surface area (Å²) in [5.41, 5.74) is 2.20. The van der Waals surface area contributed by atoms with Crippen molar-refractivity contribution in [1.29, 1.82) is 0 Å². The fourth-order valence-electron chi connectivity index (χ4n) is 3.21. The highest BCUT2D eigenvalue weighted by atomic mass is 19.1. The molecule has 0 aromatic heterocycles. The average Bonchev–Trinajstić information content (AvgIpc) is 2.70. The van der Waals surface area contributed by atoms with Crippen molar-refractivity contribution in [1.82, 2.24) is 10.2 Å². The molecule has 0 bridgehead atoms. The summed E-state index contributed by atoms with van der Waals surface area (Å²) in [7, 11) is 1.65. The van der Waals surface area contributed by atoms with Gasteiger partial charge in [0, 0.05) is 38.4 Å². The van der Waals surface area contributed by atoms with E-state index in [1.807, 2.05) is 24.3 Å². The van der Waals surface area contributed by atoms with E-state index in [4.69, 9.17) is 4.74 Å². The number of anilines is 1. The first-order valence-electron chi connectivity index (χ1n) is 9.26. The minimum absolute atomic E-state index is 0.0544. The summed E-state index contributed by atoms with van der Waals surface area (Å²) in [5, 5.41) is 2.99. The summed E-state index contributed by atoms with van der Waals surface area (Å²) in [6.45, 7) is 4.36. The molecule has 0 unspecified atom stereocenters. The molecule has 1 heterocycles. The molecule has 0 radical (unpaired) electrons. The van der Waals surface area contributed by atoms with E-state index in [9.17, 15) is 9.18 Å². The zero-order chi connectivity index (χ0) is 19.1. The highest BCUT2D eigenvalue weighted by Gasteiger charge is 2.19. The van der Waals surface area contributed by atoms with Crippen molar-refractivity contribution in [2.75, 3.05) is 51.3 Å². The van der Waals surface area contributed by atoms with Crippen molar-refractivity contribution >= 4 is 11.6 Å². The third-order valence-corrected chi connectivity index (χ3v) is 4.83. The van der Waals surface area contributed by atoms with Crippen LogP contribution in [0.5, 0.6) is 5.75 Å². The number of nitrogens with zero attached hydrogens (tertiary/aromatic N) is 2. The Morgan fingerprint density at radius 1 is 1.04 bits per heavy atom. The van der Waals surface area contributed by atoms with Crippen molar-refractivity contribution in [3.05, 3.63) is 59.9 Å². The molecule has 0 spiro atoms. The number of carbonyl (C=O) groups is 1. The Bertz CT molecular complexity index is 726. The van der Waals surface area contributed by atoms with Crippen molar-refractivity contribution < 1.29 is 13.9 Å². The second kappa shape index (κ2) is 9.37. The first-order chi connectivity index (χ1) is 13.1. The molecular formula is C21H26FN3O2. The zero-order valence-electron chi connectivity index (χ0n) is 15.7. The number of nitrogens with one attached hydrogen (secondary N) is 1. The summed E-state index contributed by atoms with van der Waals surface area (Å²) < 4.78 is 18.2. The summed E-state index contributed by atoms with van der Waals surface area (Å²) in [5.74, 6) is 0.671. The van der Waals surface area contributed by atoms with Crippen LogP contribution in [0.1, 0.15) is 5.56 Å². The molecule has 27 heavy (non-hydrogen) atoms. The molecule has 0 aliphatic carbocycles. The lowest BCUT2D eigenvalue weighted by Crippen LogP contribution is -2.49. The molecule has 1 amide bonds. The number of rotatable bonds is 7. The molecular weight excluding hydrogens is 345 g/mol. The average molecular weight is 371 g/mol. The minimum atomic E-state index is -0.219. The van der Waals surface area contributed by atoms with Gasteiger partial charge in [0.1, 0.15) is 11.6 Å². The molecule has 2 aromatic carbocycles. The van der Waals surface area contributed by atoms with Crippen LogP contribution in [0.25, 0.3) is 0 Å². The fourth-order valence-corrected chi connectivity index (χ4v) is 3.21. The Morgan fingerprint density at radius 2 is 1.70 bits per heavy atom. The van der Waals surface area contributed by atoms with Gasteiger partial charge >= 0.3 is 0 Å². The molecule has 0 saturated carbocycles. The maximum Gasteiger partial charge on any atom is 0.234 e. The largest absolute Gasteiger partial charge is 0.497 e. The SMILES string of the molecule is COc1ccc(CCNC(=O)CN2CCN(c3ccc(F)cc3)CC2)cc1. The number of methoxy groups -OCH3 is 1. The summed E-state index contributed by atoms with van der Waals surface area (Å²) >= 11 is 0. The number of amides is 1. The van der Waals surface area contributed by atoms with Crippen molar-refractivity contribution in [2.45, 2.75) is 6.42 Å². The van der Waals surface area contributed by atoms with E-state index in [-0.39, 0.29) is 11.7 Å². The van der Waals surface area contributed by atoms with Gasteiger partial charge in [0.25, 0.3) is 0 Å². The summed E-state index contributed by atoms with van der Waals surface area (Å²) in [6, 6.07) is 14.5. The van der Waals surface area contributed by atoms with Gasteiger partial charge in [-0.3, -0.25) is 9.69 Å². The van der Waals surface area contributed by atoms with Crippen LogP contribution in [0.15, 0.2) is 48.5 Å². The second-order valence-corrected chi connectivity index (χ2v) is 6.69. The molecule has 1 fully saturated rings. The lowest BCUT2D eigenvalue weighted by atomic mass is 10.1. The van der Waals surface area contributed by atoms with Gasteiger partial charge in [-0.25, -0.2) is 4.39 Å². The number of benzene rings is 2. The molecule has 0 atom stereocenters. The molecule has 3 rings (SSSR count). The Labute approximate surface area is 159 Å². The van der Waals surface area contributed by atoms with E-state index in [1.54, 1.807) is 19.2 Å². The normalized spacial score (nSPS) is 14.8. The van der Waals surface area contributed by atoms with Crippen LogP contribution in [-0.4, -0.2) is 57.2 Å². The summed E-state index contributed by atoms with van der Waals surface area (Å²) in [4.78, 5) is 16.5. The molecule has 5 nitrogen and oxygen atoms in total. The van der Waals surface area contributed by atoms with E-state index in [0.29, 0.717) is 13.1 Å². The quantitative estimate of drug-likeness (QED) is 0.811. The van der Waals surface area contributed by atoms with Gasteiger partial charge in [0.05, 0.1) is 13.7 Å². The lowest BCUT2D eigenvalue weighted by Gasteiger charge is -2.35. The van der Waals surface area contributed by atoms with E-state index >= 15 is 0 Å². The third kappa shape index (κ3) is 5.69. The Hall–Kier alpha value is -2.60. The van der Waals surface area contributed by atoms with Crippen LogP contribution >= 0.6 is 0 Å². The molecule has 1 saturated heterocycles. The van der Waals surface area contributed by atoms with Gasteiger partial charge < -0.3 is 15.0 Å². The molecule has 1 aliphatic heterocycles. The minimum Gasteiger partial charge on any atom is -0.497 e. The predicted molar refractivity (Wildman–Crippen MR) is 105 cm³/mol. The van der Waals surface area contributed by atoms with Gasteiger partial charge in [-0.05, 0) is 48.4 Å². The van der Waals surface area contributed by atoms with Gasteiger partial charge in [-0.2, -0.15) is 0 Å². The Balaban J connectivity index is 1.35. The van der Waals surface area contributed by atoms with Crippen molar-refractivity contribution in [2.24, 2.45) is 0 Å². The molecule has 6 heteroatoms. The zero-order valence-corrected chi connectivity index (χ0v) is 15.7. The van der Waals surface area contributed by atoms with E-state index < -0.39 is 0 Å². The molecule has 1 N–H and O–H groups in total. The monoisotopic (exact) mass is 371 g/mol. The number of piperazine rings is 1.